The van der Waals surface area contributed by atoms with Crippen molar-refractivity contribution in [1.29, 1.82) is 0 Å². The van der Waals surface area contributed by atoms with Crippen LogP contribution in [0.2, 0.25) is 0 Å². The number of hydrogen-bond acceptors (Lipinski definition) is 3. The molecular weight excluding hydrogens is 702 g/mol. The van der Waals surface area contributed by atoms with Gasteiger partial charge in [0.1, 0.15) is 5.82 Å². The van der Waals surface area contributed by atoms with E-state index >= 15 is 4.39 Å². The van der Waals surface area contributed by atoms with E-state index < -0.39 is 0 Å². The maximum atomic E-state index is 15.2. The first-order valence-corrected chi connectivity index (χ1v) is 19.0. The van der Waals surface area contributed by atoms with Crippen molar-refractivity contribution >= 4 is 43.6 Å². The van der Waals surface area contributed by atoms with Gasteiger partial charge in [0.2, 0.25) is 0 Å². The molecule has 0 unspecified atom stereocenters. The second kappa shape index (κ2) is 13.3. The number of rotatable bonds is 6. The van der Waals surface area contributed by atoms with Gasteiger partial charge in [-0.25, -0.2) is 19.3 Å². The van der Waals surface area contributed by atoms with E-state index in [2.05, 4.69) is 112 Å². The molecule has 0 aliphatic rings. The Morgan fingerprint density at radius 2 is 0.842 bits per heavy atom. The molecule has 3 aromatic heterocycles. The van der Waals surface area contributed by atoms with E-state index in [0.717, 1.165) is 72.0 Å². The molecule has 8 aromatic carbocycles. The van der Waals surface area contributed by atoms with Crippen molar-refractivity contribution in [3.05, 3.63) is 200 Å². The summed E-state index contributed by atoms with van der Waals surface area (Å²) >= 11 is 0. The summed E-state index contributed by atoms with van der Waals surface area (Å²) in [5.41, 5.74) is 10.5. The van der Waals surface area contributed by atoms with Crippen LogP contribution in [0.3, 0.4) is 0 Å². The molecule has 0 N–H and O–H groups in total. The van der Waals surface area contributed by atoms with Crippen LogP contribution in [-0.2, 0) is 0 Å². The zero-order valence-electron chi connectivity index (χ0n) is 30.6. The fraction of sp³-hybridized carbons (Fsp3) is 0. The van der Waals surface area contributed by atoms with Crippen molar-refractivity contribution in [3.63, 3.8) is 0 Å². The zero-order valence-corrected chi connectivity index (χ0v) is 30.6. The smallest absolute Gasteiger partial charge is 0.164 e. The van der Waals surface area contributed by atoms with E-state index in [1.165, 1.54) is 16.8 Å². The lowest BCUT2D eigenvalue weighted by Crippen LogP contribution is -2.02. The molecular formula is C51H32FN5. The number of fused-ring (bicyclic) bond motifs is 6. The maximum absolute atomic E-state index is 15.2. The Morgan fingerprint density at radius 1 is 0.333 bits per heavy atom. The van der Waals surface area contributed by atoms with Crippen molar-refractivity contribution in [2.24, 2.45) is 0 Å². The first-order valence-electron chi connectivity index (χ1n) is 19.0. The predicted molar refractivity (Wildman–Crippen MR) is 230 cm³/mol. The Bertz CT molecular complexity index is 3240. The van der Waals surface area contributed by atoms with E-state index in [9.17, 15) is 0 Å². The highest BCUT2D eigenvalue weighted by Gasteiger charge is 2.21. The summed E-state index contributed by atoms with van der Waals surface area (Å²) in [6.45, 7) is 0. The second-order valence-corrected chi connectivity index (χ2v) is 14.2. The molecule has 0 saturated heterocycles. The first-order chi connectivity index (χ1) is 28.2. The predicted octanol–water partition coefficient (Wildman–Crippen LogP) is 12.9. The molecule has 0 amide bonds. The minimum absolute atomic E-state index is 0.307. The molecule has 0 bridgehead atoms. The van der Waals surface area contributed by atoms with Crippen molar-refractivity contribution in [2.45, 2.75) is 0 Å². The largest absolute Gasteiger partial charge is 0.309 e. The van der Waals surface area contributed by atoms with Crippen LogP contribution in [0.25, 0.3) is 100 Å². The number of para-hydroxylation sites is 3. The van der Waals surface area contributed by atoms with E-state index in [-0.39, 0.29) is 5.82 Å². The van der Waals surface area contributed by atoms with Crippen LogP contribution < -0.4 is 0 Å². The van der Waals surface area contributed by atoms with Crippen LogP contribution >= 0.6 is 0 Å². The monoisotopic (exact) mass is 733 g/mol. The van der Waals surface area contributed by atoms with Gasteiger partial charge >= 0.3 is 0 Å². The molecule has 5 nitrogen and oxygen atoms in total. The van der Waals surface area contributed by atoms with Gasteiger partial charge in [-0.1, -0.05) is 127 Å². The summed E-state index contributed by atoms with van der Waals surface area (Å²) in [5.74, 6) is 1.38. The molecule has 6 heteroatoms. The lowest BCUT2D eigenvalue weighted by Gasteiger charge is -2.16. The van der Waals surface area contributed by atoms with Gasteiger partial charge in [-0.3, -0.25) is 0 Å². The summed E-state index contributed by atoms with van der Waals surface area (Å²) in [6.07, 6.45) is 0. The standard InChI is InChI=1S/C51H32FN5/c52-37-20-14-19-35(29-37)41-30-36(51-54-49(33-15-4-1-5-16-33)53-50(55-51)34-17-6-2-7-18-34)27-28-46(41)57-45-26-13-11-24-40(45)43-31-42-39-23-10-12-25-44(39)56(47(42)32-48(43)57)38-21-8-3-9-22-38/h1-32H. The summed E-state index contributed by atoms with van der Waals surface area (Å²) in [6, 6.07) is 65.3. The molecule has 11 rings (SSSR count). The number of aromatic nitrogens is 5. The zero-order chi connectivity index (χ0) is 37.9. The summed E-state index contributed by atoms with van der Waals surface area (Å²) < 4.78 is 19.8. The number of benzene rings is 8. The molecule has 0 saturated carbocycles. The Kier molecular flexibility index (Phi) is 7.60. The molecule has 0 atom stereocenters. The highest BCUT2D eigenvalue weighted by molar-refractivity contribution is 6.19. The molecule has 0 aliphatic carbocycles. The van der Waals surface area contributed by atoms with Crippen molar-refractivity contribution in [1.82, 2.24) is 24.1 Å². The highest BCUT2D eigenvalue weighted by atomic mass is 19.1. The Labute approximate surface area is 327 Å². The van der Waals surface area contributed by atoms with Gasteiger partial charge in [-0.15, -0.1) is 0 Å². The fourth-order valence-corrected chi connectivity index (χ4v) is 8.24. The van der Waals surface area contributed by atoms with Gasteiger partial charge in [-0.05, 0) is 72.3 Å². The van der Waals surface area contributed by atoms with Crippen LogP contribution in [-0.4, -0.2) is 24.1 Å². The fourth-order valence-electron chi connectivity index (χ4n) is 8.24. The highest BCUT2D eigenvalue weighted by Crippen LogP contribution is 2.42. The second-order valence-electron chi connectivity index (χ2n) is 14.2. The normalized spacial score (nSPS) is 11.6. The molecule has 0 aliphatic heterocycles. The Balaban J connectivity index is 1.20. The van der Waals surface area contributed by atoms with Crippen molar-refractivity contribution in [2.75, 3.05) is 0 Å². The third-order valence-electron chi connectivity index (χ3n) is 10.8. The third kappa shape index (κ3) is 5.49. The van der Waals surface area contributed by atoms with E-state index in [1.54, 1.807) is 12.1 Å². The Hall–Kier alpha value is -7.70. The van der Waals surface area contributed by atoms with Gasteiger partial charge in [0, 0.05) is 49.5 Å². The molecule has 57 heavy (non-hydrogen) atoms. The molecule has 0 radical (unpaired) electrons. The average Bonchev–Trinajstić information content (AvgIpc) is 3.78. The van der Waals surface area contributed by atoms with Crippen molar-refractivity contribution < 1.29 is 4.39 Å². The van der Waals surface area contributed by atoms with Crippen molar-refractivity contribution in [3.8, 4) is 56.7 Å². The maximum Gasteiger partial charge on any atom is 0.164 e. The lowest BCUT2D eigenvalue weighted by molar-refractivity contribution is 0.628. The molecule has 3 heterocycles. The molecule has 11 aromatic rings. The van der Waals surface area contributed by atoms with Crippen LogP contribution in [0, 0.1) is 5.82 Å². The number of halogens is 1. The third-order valence-corrected chi connectivity index (χ3v) is 10.8. The van der Waals surface area contributed by atoms with Crippen LogP contribution in [0.15, 0.2) is 194 Å². The number of nitrogens with zero attached hydrogens (tertiary/aromatic N) is 5. The number of hydrogen-bond donors (Lipinski definition) is 0. The van der Waals surface area contributed by atoms with Crippen LogP contribution in [0.4, 0.5) is 4.39 Å². The SMILES string of the molecule is Fc1cccc(-c2cc(-c3nc(-c4ccccc4)nc(-c4ccccc4)n3)ccc2-n2c3ccccc3c3cc4c5ccccc5n(-c5ccccc5)c4cc32)c1. The minimum Gasteiger partial charge on any atom is -0.309 e. The topological polar surface area (TPSA) is 48.5 Å². The molecule has 0 fully saturated rings. The van der Waals surface area contributed by atoms with Gasteiger partial charge in [0.15, 0.2) is 17.5 Å². The quantitative estimate of drug-likeness (QED) is 0.171. The van der Waals surface area contributed by atoms with E-state index in [0.29, 0.717) is 17.5 Å². The summed E-state index contributed by atoms with van der Waals surface area (Å²) in [7, 11) is 0. The van der Waals surface area contributed by atoms with Gasteiger partial charge in [-0.2, -0.15) is 0 Å². The van der Waals surface area contributed by atoms with Gasteiger partial charge in [0.25, 0.3) is 0 Å². The van der Waals surface area contributed by atoms with Gasteiger partial charge in [0.05, 0.1) is 27.8 Å². The summed E-state index contributed by atoms with van der Waals surface area (Å²) in [4.78, 5) is 15.0. The molecule has 0 spiro atoms. The van der Waals surface area contributed by atoms with Gasteiger partial charge < -0.3 is 9.13 Å². The van der Waals surface area contributed by atoms with E-state index in [1.807, 2.05) is 72.8 Å². The minimum atomic E-state index is -0.307. The first kappa shape index (κ1) is 32.7. The average molecular weight is 734 g/mol. The summed E-state index contributed by atoms with van der Waals surface area (Å²) in [5, 5.41) is 4.66. The van der Waals surface area contributed by atoms with Crippen LogP contribution in [0.5, 0.6) is 0 Å². The molecule has 268 valence electrons. The van der Waals surface area contributed by atoms with Crippen LogP contribution in [0.1, 0.15) is 0 Å². The lowest BCUT2D eigenvalue weighted by atomic mass is 9.99. The van der Waals surface area contributed by atoms with E-state index in [4.69, 9.17) is 15.0 Å². The Morgan fingerprint density at radius 3 is 1.46 bits per heavy atom.